The second-order valence-corrected chi connectivity index (χ2v) is 6.18. The third-order valence-electron chi connectivity index (χ3n) is 4.52. The summed E-state index contributed by atoms with van der Waals surface area (Å²) in [5.41, 5.74) is 5.54. The fourth-order valence-electron chi connectivity index (χ4n) is 3.20. The second-order valence-electron chi connectivity index (χ2n) is 6.18. The van der Waals surface area contributed by atoms with Gasteiger partial charge in [0.1, 0.15) is 0 Å². The number of aliphatic carboxylic acids is 1. The molecular formula is C13H22N2O3. The molecule has 1 amide bonds. The Balaban J connectivity index is 1.95. The molecule has 0 aromatic carbocycles. The Bertz CT molecular complexity index is 367. The van der Waals surface area contributed by atoms with Crippen LogP contribution in [0.3, 0.4) is 0 Å². The fraction of sp³-hybridized carbons (Fsp3) is 0.846. The molecule has 2 saturated carbocycles. The number of carboxylic acids is 1. The van der Waals surface area contributed by atoms with E-state index in [1.807, 2.05) is 13.8 Å². The van der Waals surface area contributed by atoms with Gasteiger partial charge in [0.15, 0.2) is 0 Å². The van der Waals surface area contributed by atoms with Gasteiger partial charge in [0.2, 0.25) is 5.91 Å². The molecule has 0 heterocycles. The first-order valence-corrected chi connectivity index (χ1v) is 6.64. The van der Waals surface area contributed by atoms with Crippen LogP contribution >= 0.6 is 0 Å². The van der Waals surface area contributed by atoms with Crippen molar-refractivity contribution < 1.29 is 14.7 Å². The van der Waals surface area contributed by atoms with Crippen molar-refractivity contribution in [2.45, 2.75) is 51.6 Å². The Morgan fingerprint density at radius 3 is 2.33 bits per heavy atom. The van der Waals surface area contributed by atoms with Crippen LogP contribution in [0.1, 0.15) is 39.5 Å². The molecule has 2 aliphatic rings. The van der Waals surface area contributed by atoms with Crippen LogP contribution in [0.5, 0.6) is 0 Å². The van der Waals surface area contributed by atoms with E-state index in [0.717, 1.165) is 25.7 Å². The minimum Gasteiger partial charge on any atom is -0.481 e. The zero-order chi connectivity index (χ0) is 13.5. The lowest BCUT2D eigenvalue weighted by molar-refractivity contribution is -0.140. The van der Waals surface area contributed by atoms with Gasteiger partial charge >= 0.3 is 5.97 Å². The van der Waals surface area contributed by atoms with Gasteiger partial charge in [-0.05, 0) is 18.3 Å². The highest BCUT2D eigenvalue weighted by Gasteiger charge is 2.66. The molecule has 0 aromatic heterocycles. The number of carbonyl (C=O) groups excluding carboxylic acids is 1. The summed E-state index contributed by atoms with van der Waals surface area (Å²) >= 11 is 0. The van der Waals surface area contributed by atoms with Crippen molar-refractivity contribution in [3.63, 3.8) is 0 Å². The van der Waals surface area contributed by atoms with E-state index in [-0.39, 0.29) is 18.0 Å². The molecule has 4 N–H and O–H groups in total. The van der Waals surface area contributed by atoms with Crippen molar-refractivity contribution in [1.82, 2.24) is 5.32 Å². The van der Waals surface area contributed by atoms with Crippen molar-refractivity contribution in [2.75, 3.05) is 0 Å². The summed E-state index contributed by atoms with van der Waals surface area (Å²) in [7, 11) is 0. The van der Waals surface area contributed by atoms with Crippen LogP contribution in [-0.4, -0.2) is 29.1 Å². The predicted octanol–water partition coefficient (Wildman–Crippen LogP) is 0.729. The summed E-state index contributed by atoms with van der Waals surface area (Å²) in [6.45, 7) is 3.66. The van der Waals surface area contributed by atoms with E-state index >= 15 is 0 Å². The minimum atomic E-state index is -0.881. The van der Waals surface area contributed by atoms with Crippen LogP contribution in [0.4, 0.5) is 0 Å². The lowest BCUT2D eigenvalue weighted by Crippen LogP contribution is -2.50. The average Bonchev–Trinajstić information content (AvgIpc) is 2.85. The molecule has 18 heavy (non-hydrogen) atoms. The summed E-state index contributed by atoms with van der Waals surface area (Å²) in [6, 6.07) is 0.0185. The van der Waals surface area contributed by atoms with Crippen LogP contribution in [0.2, 0.25) is 0 Å². The Labute approximate surface area is 107 Å². The largest absolute Gasteiger partial charge is 0.481 e. The maximum absolute atomic E-state index is 12.1. The van der Waals surface area contributed by atoms with E-state index in [1.54, 1.807) is 0 Å². The molecular weight excluding hydrogens is 232 g/mol. The quantitative estimate of drug-likeness (QED) is 0.692. The van der Waals surface area contributed by atoms with Crippen LogP contribution < -0.4 is 11.1 Å². The van der Waals surface area contributed by atoms with Crippen LogP contribution in [0.25, 0.3) is 0 Å². The zero-order valence-corrected chi connectivity index (χ0v) is 11.0. The number of nitrogens with one attached hydrogen (secondary N) is 1. The predicted molar refractivity (Wildman–Crippen MR) is 66.8 cm³/mol. The third kappa shape index (κ3) is 2.23. The maximum Gasteiger partial charge on any atom is 0.307 e. The van der Waals surface area contributed by atoms with Crippen molar-refractivity contribution in [3.8, 4) is 0 Å². The smallest absolute Gasteiger partial charge is 0.307 e. The number of hydrogen-bond donors (Lipinski definition) is 3. The Morgan fingerprint density at radius 1 is 1.22 bits per heavy atom. The molecule has 2 rings (SSSR count). The monoisotopic (exact) mass is 254 g/mol. The molecule has 5 nitrogen and oxygen atoms in total. The van der Waals surface area contributed by atoms with Gasteiger partial charge in [-0.25, -0.2) is 0 Å². The van der Waals surface area contributed by atoms with Gasteiger partial charge in [-0.1, -0.05) is 26.7 Å². The molecule has 2 fully saturated rings. The standard InChI is InChI=1S/C13H22N2O3/c1-13(2)9(10(13)12(17)18)11(16)15-8-6-4-3-5-7(8)14/h7-10H,3-6,14H2,1-2H3,(H,15,16)(H,17,18)/t7?,8?,9-,10+/m1/s1. The van der Waals surface area contributed by atoms with Gasteiger partial charge in [-0.15, -0.1) is 0 Å². The second kappa shape index (κ2) is 4.53. The SMILES string of the molecule is CC1(C)[C@H](C(=O)O)[C@@H]1C(=O)NC1CCCCC1N. The maximum atomic E-state index is 12.1. The molecule has 2 unspecified atom stereocenters. The summed E-state index contributed by atoms with van der Waals surface area (Å²) in [5.74, 6) is -2.00. The Hall–Kier alpha value is -1.10. The van der Waals surface area contributed by atoms with Crippen molar-refractivity contribution in [3.05, 3.63) is 0 Å². The molecule has 2 aliphatic carbocycles. The first-order chi connectivity index (χ1) is 8.35. The number of nitrogens with two attached hydrogens (primary N) is 1. The van der Waals surface area contributed by atoms with Crippen LogP contribution in [-0.2, 0) is 9.59 Å². The first-order valence-electron chi connectivity index (χ1n) is 6.64. The van der Waals surface area contributed by atoms with E-state index < -0.39 is 23.2 Å². The zero-order valence-electron chi connectivity index (χ0n) is 11.0. The van der Waals surface area contributed by atoms with Crippen molar-refractivity contribution in [2.24, 2.45) is 23.0 Å². The number of carboxylic acid groups (broad SMARTS) is 1. The molecule has 0 bridgehead atoms. The minimum absolute atomic E-state index is 0.00726. The molecule has 5 heteroatoms. The van der Waals surface area contributed by atoms with Crippen LogP contribution in [0.15, 0.2) is 0 Å². The third-order valence-corrected chi connectivity index (χ3v) is 4.52. The molecule has 102 valence electrons. The van der Waals surface area contributed by atoms with Gasteiger partial charge < -0.3 is 16.2 Å². The van der Waals surface area contributed by atoms with Crippen LogP contribution in [0, 0.1) is 17.3 Å². The summed E-state index contributed by atoms with van der Waals surface area (Å²) < 4.78 is 0. The van der Waals surface area contributed by atoms with Crippen molar-refractivity contribution in [1.29, 1.82) is 0 Å². The number of hydrogen-bond acceptors (Lipinski definition) is 3. The van der Waals surface area contributed by atoms with E-state index in [9.17, 15) is 9.59 Å². The Kier molecular flexibility index (Phi) is 3.36. The fourth-order valence-corrected chi connectivity index (χ4v) is 3.20. The van der Waals surface area contributed by atoms with Crippen molar-refractivity contribution >= 4 is 11.9 Å². The Morgan fingerprint density at radius 2 is 1.83 bits per heavy atom. The first kappa shape index (κ1) is 13.3. The summed E-state index contributed by atoms with van der Waals surface area (Å²) in [6.07, 6.45) is 4.02. The highest BCUT2D eigenvalue weighted by Crippen LogP contribution is 2.58. The highest BCUT2D eigenvalue weighted by molar-refractivity contribution is 5.91. The van der Waals surface area contributed by atoms with Gasteiger partial charge in [0.05, 0.1) is 11.8 Å². The van der Waals surface area contributed by atoms with Gasteiger partial charge in [0.25, 0.3) is 0 Å². The lowest BCUT2D eigenvalue weighted by Gasteiger charge is -2.29. The molecule has 4 atom stereocenters. The topological polar surface area (TPSA) is 92.4 Å². The average molecular weight is 254 g/mol. The summed E-state index contributed by atoms with van der Waals surface area (Å²) in [4.78, 5) is 23.2. The lowest BCUT2D eigenvalue weighted by atomic mass is 9.91. The van der Waals surface area contributed by atoms with Gasteiger partial charge in [-0.2, -0.15) is 0 Å². The summed E-state index contributed by atoms with van der Waals surface area (Å²) in [5, 5.41) is 12.0. The highest BCUT2D eigenvalue weighted by atomic mass is 16.4. The van der Waals surface area contributed by atoms with Gasteiger partial charge in [-0.3, -0.25) is 9.59 Å². The number of amides is 1. The molecule has 0 aliphatic heterocycles. The van der Waals surface area contributed by atoms with E-state index in [4.69, 9.17) is 10.8 Å². The molecule has 0 aromatic rings. The van der Waals surface area contributed by atoms with E-state index in [0.29, 0.717) is 0 Å². The number of rotatable bonds is 3. The molecule has 0 saturated heterocycles. The normalized spacial score (nSPS) is 37.9. The van der Waals surface area contributed by atoms with E-state index in [2.05, 4.69) is 5.32 Å². The molecule has 0 radical (unpaired) electrons. The van der Waals surface area contributed by atoms with Gasteiger partial charge in [0, 0.05) is 12.1 Å². The molecule has 0 spiro atoms. The number of carbonyl (C=O) groups is 2. The van der Waals surface area contributed by atoms with E-state index in [1.165, 1.54) is 0 Å².